The first kappa shape index (κ1) is 13.3. The lowest BCUT2D eigenvalue weighted by molar-refractivity contribution is 0.0538. The van der Waals surface area contributed by atoms with E-state index >= 15 is 0 Å². The zero-order chi connectivity index (χ0) is 12.1. The summed E-state index contributed by atoms with van der Waals surface area (Å²) in [5, 5.41) is 3.35. The summed E-state index contributed by atoms with van der Waals surface area (Å²) >= 11 is 0. The highest BCUT2D eigenvalue weighted by Crippen LogP contribution is 2.16. The van der Waals surface area contributed by atoms with Crippen LogP contribution in [-0.2, 0) is 17.9 Å². The van der Waals surface area contributed by atoms with Gasteiger partial charge in [-0.1, -0.05) is 13.8 Å². The molecule has 1 heterocycles. The predicted molar refractivity (Wildman–Crippen MR) is 65.3 cm³/mol. The van der Waals surface area contributed by atoms with E-state index in [0.717, 1.165) is 18.1 Å². The summed E-state index contributed by atoms with van der Waals surface area (Å²) in [6.45, 7) is 11.7. The van der Waals surface area contributed by atoms with Crippen molar-refractivity contribution in [2.45, 2.75) is 59.9 Å². The Morgan fingerprint density at radius 2 is 2.00 bits per heavy atom. The monoisotopic (exact) mass is 225 g/mol. The Hall–Kier alpha value is -0.800. The molecule has 0 saturated carbocycles. The van der Waals surface area contributed by atoms with E-state index in [0.29, 0.717) is 12.6 Å². The third kappa shape index (κ3) is 4.37. The molecule has 0 fully saturated rings. The van der Waals surface area contributed by atoms with E-state index in [9.17, 15) is 0 Å². The molecule has 0 radical (unpaired) electrons. The van der Waals surface area contributed by atoms with Crippen LogP contribution in [0, 0.1) is 6.92 Å². The summed E-state index contributed by atoms with van der Waals surface area (Å²) < 4.78 is 11.2. The molecule has 1 aromatic rings. The maximum atomic E-state index is 5.73. The van der Waals surface area contributed by atoms with Crippen LogP contribution in [0.15, 0.2) is 10.5 Å². The molecule has 0 aromatic carbocycles. The highest BCUT2D eigenvalue weighted by Gasteiger charge is 2.08. The summed E-state index contributed by atoms with van der Waals surface area (Å²) in [7, 11) is 0. The third-order valence-corrected chi connectivity index (χ3v) is 2.30. The summed E-state index contributed by atoms with van der Waals surface area (Å²) in [6, 6.07) is 2.53. The lowest BCUT2D eigenvalue weighted by Crippen LogP contribution is -2.21. The molecule has 3 nitrogen and oxygen atoms in total. The van der Waals surface area contributed by atoms with Crippen LogP contribution < -0.4 is 5.32 Å². The Balaban J connectivity index is 2.52. The van der Waals surface area contributed by atoms with E-state index in [2.05, 4.69) is 32.2 Å². The maximum Gasteiger partial charge on any atom is 0.130 e. The first-order valence-electron chi connectivity index (χ1n) is 5.92. The minimum absolute atomic E-state index is 0.239. The molecule has 0 bridgehead atoms. The fourth-order valence-electron chi connectivity index (χ4n) is 1.38. The second-order valence-electron chi connectivity index (χ2n) is 4.71. The number of rotatable bonds is 6. The van der Waals surface area contributed by atoms with Gasteiger partial charge in [-0.3, -0.25) is 0 Å². The van der Waals surface area contributed by atoms with Crippen LogP contribution in [0.2, 0.25) is 0 Å². The normalized spacial score (nSPS) is 11.7. The summed E-state index contributed by atoms with van der Waals surface area (Å²) in [5.74, 6) is 1.92. The van der Waals surface area contributed by atoms with E-state index in [1.165, 1.54) is 5.56 Å². The van der Waals surface area contributed by atoms with Crippen LogP contribution in [0.1, 0.15) is 44.8 Å². The van der Waals surface area contributed by atoms with Crippen LogP contribution in [0.3, 0.4) is 0 Å². The lowest BCUT2D eigenvalue weighted by atomic mass is 10.2. The molecule has 3 heteroatoms. The largest absolute Gasteiger partial charge is 0.462 e. The highest BCUT2D eigenvalue weighted by molar-refractivity contribution is 5.19. The molecule has 0 aliphatic carbocycles. The van der Waals surface area contributed by atoms with Gasteiger partial charge in [-0.2, -0.15) is 0 Å². The number of hydrogen-bond acceptors (Lipinski definition) is 3. The number of hydrogen-bond donors (Lipinski definition) is 1. The Bertz CT molecular complexity index is 316. The maximum absolute atomic E-state index is 5.73. The topological polar surface area (TPSA) is 34.4 Å². The quantitative estimate of drug-likeness (QED) is 0.808. The molecule has 0 amide bonds. The van der Waals surface area contributed by atoms with Crippen LogP contribution in [0.4, 0.5) is 0 Å². The van der Waals surface area contributed by atoms with E-state index in [1.54, 1.807) is 0 Å². The third-order valence-electron chi connectivity index (χ3n) is 2.30. The molecular weight excluding hydrogens is 202 g/mol. The predicted octanol–water partition coefficient (Wildman–Crippen LogP) is 3.01. The molecule has 1 aromatic heterocycles. The fourth-order valence-corrected chi connectivity index (χ4v) is 1.38. The lowest BCUT2D eigenvalue weighted by Gasteiger charge is -2.06. The number of aryl methyl sites for hydroxylation is 1. The van der Waals surface area contributed by atoms with Crippen molar-refractivity contribution in [2.75, 3.05) is 0 Å². The molecule has 16 heavy (non-hydrogen) atoms. The van der Waals surface area contributed by atoms with Gasteiger partial charge in [0.2, 0.25) is 0 Å². The van der Waals surface area contributed by atoms with E-state index < -0.39 is 0 Å². The molecule has 0 spiro atoms. The van der Waals surface area contributed by atoms with Crippen molar-refractivity contribution in [2.24, 2.45) is 0 Å². The summed E-state index contributed by atoms with van der Waals surface area (Å²) in [6.07, 6.45) is 0.239. The van der Waals surface area contributed by atoms with Crippen molar-refractivity contribution < 1.29 is 9.15 Å². The molecule has 0 saturated heterocycles. The van der Waals surface area contributed by atoms with Gasteiger partial charge >= 0.3 is 0 Å². The SMILES string of the molecule is Cc1cc(COC(C)C)oc1CNC(C)C. The van der Waals surface area contributed by atoms with Crippen molar-refractivity contribution in [3.63, 3.8) is 0 Å². The van der Waals surface area contributed by atoms with Crippen molar-refractivity contribution in [1.29, 1.82) is 0 Å². The van der Waals surface area contributed by atoms with Crippen molar-refractivity contribution in [3.05, 3.63) is 23.2 Å². The van der Waals surface area contributed by atoms with Gasteiger partial charge in [0.05, 0.1) is 12.6 Å². The number of ether oxygens (including phenoxy) is 1. The molecular formula is C13H23NO2. The molecule has 0 aliphatic heterocycles. The Morgan fingerprint density at radius 1 is 1.31 bits per heavy atom. The fraction of sp³-hybridized carbons (Fsp3) is 0.692. The second kappa shape index (κ2) is 6.06. The minimum atomic E-state index is 0.239. The molecule has 0 atom stereocenters. The van der Waals surface area contributed by atoms with E-state index in [1.807, 2.05) is 13.8 Å². The summed E-state index contributed by atoms with van der Waals surface area (Å²) in [4.78, 5) is 0. The molecule has 0 aliphatic rings. The van der Waals surface area contributed by atoms with Crippen molar-refractivity contribution in [3.8, 4) is 0 Å². The average Bonchev–Trinajstić information content (AvgIpc) is 2.53. The summed E-state index contributed by atoms with van der Waals surface area (Å²) in [5.41, 5.74) is 1.19. The molecule has 1 N–H and O–H groups in total. The zero-order valence-corrected chi connectivity index (χ0v) is 11.0. The average molecular weight is 225 g/mol. The van der Waals surface area contributed by atoms with Gasteiger partial charge < -0.3 is 14.5 Å². The Kier molecular flexibility index (Phi) is 5.03. The minimum Gasteiger partial charge on any atom is -0.462 e. The van der Waals surface area contributed by atoms with Gasteiger partial charge in [0.25, 0.3) is 0 Å². The first-order chi connectivity index (χ1) is 7.49. The van der Waals surface area contributed by atoms with E-state index in [4.69, 9.17) is 9.15 Å². The Labute approximate surface area is 98.2 Å². The van der Waals surface area contributed by atoms with Gasteiger partial charge in [0.15, 0.2) is 0 Å². The molecule has 1 rings (SSSR count). The van der Waals surface area contributed by atoms with Crippen molar-refractivity contribution >= 4 is 0 Å². The zero-order valence-electron chi connectivity index (χ0n) is 11.0. The van der Waals surface area contributed by atoms with Gasteiger partial charge in [-0.15, -0.1) is 0 Å². The highest BCUT2D eigenvalue weighted by atomic mass is 16.5. The van der Waals surface area contributed by atoms with Gasteiger partial charge in [-0.05, 0) is 32.4 Å². The van der Waals surface area contributed by atoms with Crippen LogP contribution >= 0.6 is 0 Å². The smallest absolute Gasteiger partial charge is 0.130 e. The van der Waals surface area contributed by atoms with Gasteiger partial charge in [0.1, 0.15) is 18.1 Å². The standard InChI is InChI=1S/C13H23NO2/c1-9(2)14-7-13-11(5)6-12(16-13)8-15-10(3)4/h6,9-10,14H,7-8H2,1-5H3. The molecule has 92 valence electrons. The molecule has 0 unspecified atom stereocenters. The van der Waals surface area contributed by atoms with E-state index in [-0.39, 0.29) is 6.10 Å². The number of furan rings is 1. The van der Waals surface area contributed by atoms with Gasteiger partial charge in [-0.25, -0.2) is 0 Å². The van der Waals surface area contributed by atoms with Crippen LogP contribution in [0.5, 0.6) is 0 Å². The van der Waals surface area contributed by atoms with Gasteiger partial charge in [0, 0.05) is 6.04 Å². The second-order valence-corrected chi connectivity index (χ2v) is 4.71. The Morgan fingerprint density at radius 3 is 2.56 bits per heavy atom. The van der Waals surface area contributed by atoms with Crippen LogP contribution in [-0.4, -0.2) is 12.1 Å². The number of nitrogens with one attached hydrogen (secondary N) is 1. The van der Waals surface area contributed by atoms with Crippen molar-refractivity contribution in [1.82, 2.24) is 5.32 Å². The van der Waals surface area contributed by atoms with Crippen LogP contribution in [0.25, 0.3) is 0 Å². The first-order valence-corrected chi connectivity index (χ1v) is 5.92.